The summed E-state index contributed by atoms with van der Waals surface area (Å²) in [6.07, 6.45) is 0. The third kappa shape index (κ3) is 9.88. The molecule has 0 aliphatic heterocycles. The molecule has 0 rings (SSSR count). The molecule has 0 saturated carbocycles. The van der Waals surface area contributed by atoms with Crippen LogP contribution in [0, 0.1) is 0 Å². The highest BCUT2D eigenvalue weighted by Crippen LogP contribution is 1.99. The van der Waals surface area contributed by atoms with E-state index in [-0.39, 0.29) is 0 Å². The van der Waals surface area contributed by atoms with Crippen molar-refractivity contribution in [3.8, 4) is 0 Å². The van der Waals surface area contributed by atoms with Crippen molar-refractivity contribution in [1.82, 2.24) is 5.32 Å². The van der Waals surface area contributed by atoms with Gasteiger partial charge in [0, 0.05) is 12.6 Å². The maximum Gasteiger partial charge on any atom is 0.0824 e. The molecular formula is C9H21NO2. The summed E-state index contributed by atoms with van der Waals surface area (Å²) in [4.78, 5) is 0. The summed E-state index contributed by atoms with van der Waals surface area (Å²) in [5, 5.41) is 12.5. The zero-order chi connectivity index (χ0) is 9.61. The normalized spacial score (nSPS) is 12.5. The van der Waals surface area contributed by atoms with E-state index in [0.717, 1.165) is 6.54 Å². The molecule has 3 nitrogen and oxygen atoms in total. The van der Waals surface area contributed by atoms with Crippen LogP contribution in [0.4, 0.5) is 0 Å². The zero-order valence-electron chi connectivity index (χ0n) is 8.55. The van der Waals surface area contributed by atoms with Crippen LogP contribution in [-0.2, 0) is 4.74 Å². The van der Waals surface area contributed by atoms with Gasteiger partial charge in [-0.2, -0.15) is 0 Å². The Morgan fingerprint density at radius 3 is 2.42 bits per heavy atom. The van der Waals surface area contributed by atoms with Gasteiger partial charge in [0.1, 0.15) is 0 Å². The van der Waals surface area contributed by atoms with E-state index < -0.39 is 5.60 Å². The minimum atomic E-state index is -0.710. The van der Waals surface area contributed by atoms with Crippen LogP contribution in [0.1, 0.15) is 27.7 Å². The van der Waals surface area contributed by atoms with Crippen molar-refractivity contribution >= 4 is 0 Å². The number of ether oxygens (including phenoxy) is 1. The molecule has 0 fully saturated rings. The van der Waals surface area contributed by atoms with E-state index in [1.165, 1.54) is 0 Å². The lowest BCUT2D eigenvalue weighted by Crippen LogP contribution is -2.30. The summed E-state index contributed by atoms with van der Waals surface area (Å²) in [7, 11) is 0. The first-order valence-corrected chi connectivity index (χ1v) is 4.45. The lowest BCUT2D eigenvalue weighted by molar-refractivity contribution is -0.0198. The Balaban J connectivity index is 3.12. The molecule has 0 saturated heterocycles. The van der Waals surface area contributed by atoms with Crippen molar-refractivity contribution in [3.05, 3.63) is 0 Å². The molecule has 0 aromatic rings. The Bertz CT molecular complexity index is 108. The third-order valence-electron chi connectivity index (χ3n) is 1.25. The van der Waals surface area contributed by atoms with Crippen molar-refractivity contribution in [2.75, 3.05) is 19.8 Å². The smallest absolute Gasteiger partial charge is 0.0824 e. The Hall–Kier alpha value is -0.120. The van der Waals surface area contributed by atoms with Gasteiger partial charge in [0.15, 0.2) is 0 Å². The Morgan fingerprint density at radius 2 is 2.00 bits per heavy atom. The molecule has 0 radical (unpaired) electrons. The van der Waals surface area contributed by atoms with Crippen LogP contribution >= 0.6 is 0 Å². The Kier molecular flexibility index (Phi) is 5.46. The van der Waals surface area contributed by atoms with Crippen LogP contribution < -0.4 is 5.32 Å². The summed E-state index contributed by atoms with van der Waals surface area (Å²) in [5.41, 5.74) is -0.710. The highest BCUT2D eigenvalue weighted by molar-refractivity contribution is 4.62. The monoisotopic (exact) mass is 175 g/mol. The zero-order valence-corrected chi connectivity index (χ0v) is 8.55. The second-order valence-electron chi connectivity index (χ2n) is 3.97. The van der Waals surface area contributed by atoms with Crippen molar-refractivity contribution in [1.29, 1.82) is 0 Å². The molecule has 0 aliphatic rings. The van der Waals surface area contributed by atoms with Gasteiger partial charge >= 0.3 is 0 Å². The maximum absolute atomic E-state index is 9.28. The molecule has 0 amide bonds. The van der Waals surface area contributed by atoms with E-state index in [4.69, 9.17) is 4.74 Å². The number of rotatable bonds is 6. The molecule has 2 N–H and O–H groups in total. The number of aliphatic hydroxyl groups is 1. The topological polar surface area (TPSA) is 41.5 Å². The average molecular weight is 175 g/mol. The molecule has 0 unspecified atom stereocenters. The van der Waals surface area contributed by atoms with Gasteiger partial charge in [0.2, 0.25) is 0 Å². The molecule has 3 heteroatoms. The van der Waals surface area contributed by atoms with Gasteiger partial charge in [0.25, 0.3) is 0 Å². The summed E-state index contributed by atoms with van der Waals surface area (Å²) in [5.74, 6) is 0. The molecule has 0 atom stereocenters. The maximum atomic E-state index is 9.28. The van der Waals surface area contributed by atoms with Crippen LogP contribution in [-0.4, -0.2) is 36.5 Å². The second kappa shape index (κ2) is 5.51. The predicted molar refractivity (Wildman–Crippen MR) is 50.3 cm³/mol. The number of nitrogens with one attached hydrogen (secondary N) is 1. The molecule has 0 aliphatic carbocycles. The predicted octanol–water partition coefficient (Wildman–Crippen LogP) is 0.772. The van der Waals surface area contributed by atoms with Crippen molar-refractivity contribution in [3.63, 3.8) is 0 Å². The van der Waals surface area contributed by atoms with E-state index in [1.54, 1.807) is 13.8 Å². The minimum Gasteiger partial charge on any atom is -0.388 e. The van der Waals surface area contributed by atoms with Gasteiger partial charge in [-0.25, -0.2) is 0 Å². The van der Waals surface area contributed by atoms with Crippen molar-refractivity contribution in [2.24, 2.45) is 0 Å². The minimum absolute atomic E-state index is 0.396. The highest BCUT2D eigenvalue weighted by atomic mass is 16.5. The van der Waals surface area contributed by atoms with E-state index in [0.29, 0.717) is 19.3 Å². The van der Waals surface area contributed by atoms with Crippen LogP contribution in [0.5, 0.6) is 0 Å². The summed E-state index contributed by atoms with van der Waals surface area (Å²) in [6, 6.07) is 0.496. The van der Waals surface area contributed by atoms with Gasteiger partial charge in [-0.3, -0.25) is 0 Å². The first-order chi connectivity index (χ1) is 5.42. The summed E-state index contributed by atoms with van der Waals surface area (Å²) < 4.78 is 5.24. The van der Waals surface area contributed by atoms with E-state index in [9.17, 15) is 5.11 Å². The second-order valence-corrected chi connectivity index (χ2v) is 3.97. The van der Waals surface area contributed by atoms with Gasteiger partial charge in [-0.1, -0.05) is 13.8 Å². The number of hydrogen-bond donors (Lipinski definition) is 2. The fraction of sp³-hybridized carbons (Fsp3) is 1.00. The van der Waals surface area contributed by atoms with E-state index in [2.05, 4.69) is 19.2 Å². The number of hydrogen-bond acceptors (Lipinski definition) is 3. The molecule has 0 heterocycles. The summed E-state index contributed by atoms with van der Waals surface area (Å²) >= 11 is 0. The first kappa shape index (κ1) is 11.9. The standard InChI is InChI=1S/C9H21NO2/c1-8(2)10-5-6-12-7-9(3,4)11/h8,10-11H,5-7H2,1-4H3. The first-order valence-electron chi connectivity index (χ1n) is 4.45. The van der Waals surface area contributed by atoms with Crippen molar-refractivity contribution < 1.29 is 9.84 Å². The van der Waals surface area contributed by atoms with Crippen LogP contribution in [0.3, 0.4) is 0 Å². The van der Waals surface area contributed by atoms with Gasteiger partial charge in [-0.15, -0.1) is 0 Å². The molecular weight excluding hydrogens is 154 g/mol. The SMILES string of the molecule is CC(C)NCCOCC(C)(C)O. The lowest BCUT2D eigenvalue weighted by atomic mass is 10.2. The van der Waals surface area contributed by atoms with E-state index in [1.807, 2.05) is 0 Å². The molecule has 0 aromatic carbocycles. The van der Waals surface area contributed by atoms with Crippen molar-refractivity contribution in [2.45, 2.75) is 39.3 Å². The van der Waals surface area contributed by atoms with Crippen LogP contribution in [0.2, 0.25) is 0 Å². The molecule has 0 spiro atoms. The largest absolute Gasteiger partial charge is 0.388 e. The van der Waals surface area contributed by atoms with Crippen LogP contribution in [0.25, 0.3) is 0 Å². The molecule has 12 heavy (non-hydrogen) atoms. The highest BCUT2D eigenvalue weighted by Gasteiger charge is 2.11. The average Bonchev–Trinajstić information content (AvgIpc) is 1.83. The Labute approximate surface area is 75.1 Å². The summed E-state index contributed by atoms with van der Waals surface area (Å²) in [6.45, 7) is 9.56. The molecule has 74 valence electrons. The van der Waals surface area contributed by atoms with Crippen LogP contribution in [0.15, 0.2) is 0 Å². The van der Waals surface area contributed by atoms with Gasteiger partial charge < -0.3 is 15.2 Å². The quantitative estimate of drug-likeness (QED) is 0.586. The molecule has 0 bridgehead atoms. The Morgan fingerprint density at radius 1 is 1.42 bits per heavy atom. The fourth-order valence-electron chi connectivity index (χ4n) is 0.742. The van der Waals surface area contributed by atoms with E-state index >= 15 is 0 Å². The third-order valence-corrected chi connectivity index (χ3v) is 1.25. The lowest BCUT2D eigenvalue weighted by Gasteiger charge is -2.17. The van der Waals surface area contributed by atoms with Gasteiger partial charge in [-0.05, 0) is 13.8 Å². The molecule has 0 aromatic heterocycles. The fourth-order valence-corrected chi connectivity index (χ4v) is 0.742. The van der Waals surface area contributed by atoms with Gasteiger partial charge in [0.05, 0.1) is 18.8 Å².